The number of carboxylic acid groups (broad SMARTS) is 2. The smallest absolute Gasteiger partial charge is 0.335 e. The molecule has 16 rings (SSSR count). The van der Waals surface area contributed by atoms with Crippen LogP contribution in [0.2, 0.25) is 10.0 Å². The van der Waals surface area contributed by atoms with Gasteiger partial charge in [0.05, 0.1) is 21.7 Å². The van der Waals surface area contributed by atoms with Crippen LogP contribution in [0.15, 0.2) is 133 Å². The SMILES string of the molecule is CCCCc1ccc(CN2CCN(Cc3c(O)cc4c(c3O)-c3cc(ccc3O)[C@H]3NC(=O)[C@@H]5NC(=O)[C@H]6NC(=O)[C@@H](Cc7ccc(cc7)Oc7cc5cc(c7O[C@@H]5O[C@H](C(=O)O)[C@@H](O)[C@H](O)[C@H]5N)Oc5ccc(cc5Cl)[C@@H](O)[C@H](NC3=O)C(=O)N[C@@H]4C(=O)O)NC(=O)[C@@H](NC)c3ccc(O)c(c3)Oc3cc(O)c(Cl)c6c3)CC2)cc1. The second kappa shape index (κ2) is 33.4. The van der Waals surface area contributed by atoms with Gasteiger partial charge in [-0.25, -0.2) is 9.59 Å². The van der Waals surface area contributed by atoms with Crippen LogP contribution in [0, 0.1) is 0 Å². The summed E-state index contributed by atoms with van der Waals surface area (Å²) in [6, 6.07) is 13.8. The Hall–Kier alpha value is -12.0. The fraction of sp³-hybridized carbons (Fsp3) is 0.309. The van der Waals surface area contributed by atoms with Gasteiger partial charge in [-0.15, -0.1) is 0 Å². The van der Waals surface area contributed by atoms with Gasteiger partial charge in [-0.2, -0.15) is 0 Å². The minimum absolute atomic E-state index is 0.0935. The van der Waals surface area contributed by atoms with Crippen molar-refractivity contribution < 1.29 is 113 Å². The number of aliphatic hydroxyl groups is 3. The van der Waals surface area contributed by atoms with Crippen molar-refractivity contribution in [3.63, 3.8) is 0 Å². The summed E-state index contributed by atoms with van der Waals surface area (Å²) in [6.07, 6.45) is -8.00. The van der Waals surface area contributed by atoms with Crippen LogP contribution >= 0.6 is 23.2 Å². The number of phenols is 5. The summed E-state index contributed by atoms with van der Waals surface area (Å²) >= 11 is 14.1. The Kier molecular flexibility index (Phi) is 23.2. The van der Waals surface area contributed by atoms with Crippen LogP contribution in [-0.2, 0) is 69.0 Å². The van der Waals surface area contributed by atoms with Crippen molar-refractivity contribution in [2.75, 3.05) is 33.2 Å². The molecule has 8 heterocycles. The fourth-order valence-corrected chi connectivity index (χ4v) is 15.3. The zero-order valence-electron chi connectivity index (χ0n) is 61.8. The van der Waals surface area contributed by atoms with Crippen LogP contribution in [0.1, 0.15) is 112 Å². The van der Waals surface area contributed by atoms with E-state index < -0.39 is 210 Å². The molecule has 8 aliphatic rings. The number of carbonyl (C=O) groups excluding carboxylic acids is 6. The molecule has 0 unspecified atom stereocenters. The maximum atomic E-state index is 16.5. The molecular weight excluding hydrogens is 1550 g/mol. The Morgan fingerprint density at radius 2 is 1.18 bits per heavy atom. The van der Waals surface area contributed by atoms with Crippen LogP contribution in [-0.4, -0.2) is 184 Å². The fourth-order valence-electron chi connectivity index (χ4n) is 14.9. The lowest BCUT2D eigenvalue weighted by molar-refractivity contribution is -0.236. The van der Waals surface area contributed by atoms with Gasteiger partial charge in [-0.1, -0.05) is 91.1 Å². The average Bonchev–Trinajstić information content (AvgIpc) is 0.755. The van der Waals surface area contributed by atoms with Crippen LogP contribution in [0.4, 0.5) is 0 Å². The van der Waals surface area contributed by atoms with E-state index >= 15 is 24.0 Å². The summed E-state index contributed by atoms with van der Waals surface area (Å²) in [5, 5.41) is 133. The first-order valence-corrected chi connectivity index (χ1v) is 37.7. The van der Waals surface area contributed by atoms with Crippen LogP contribution < -0.4 is 61.9 Å². The molecule has 606 valence electrons. The number of piperazine rings is 1. The highest BCUT2D eigenvalue weighted by Crippen LogP contribution is 2.51. The summed E-state index contributed by atoms with van der Waals surface area (Å²) in [6.45, 7) is 4.51. The second-order valence-corrected chi connectivity index (χ2v) is 29.7. The first-order chi connectivity index (χ1) is 55.5. The van der Waals surface area contributed by atoms with Gasteiger partial charge in [0, 0.05) is 74.0 Å². The molecule has 8 aromatic carbocycles. The molecule has 13 atom stereocenters. The Balaban J connectivity index is 0.951. The van der Waals surface area contributed by atoms with Gasteiger partial charge >= 0.3 is 11.9 Å². The lowest BCUT2D eigenvalue weighted by Gasteiger charge is -2.39. The van der Waals surface area contributed by atoms with Crippen LogP contribution in [0.3, 0.4) is 0 Å². The second-order valence-electron chi connectivity index (χ2n) is 29.0. The number of halogens is 2. The zero-order chi connectivity index (χ0) is 82.4. The summed E-state index contributed by atoms with van der Waals surface area (Å²) in [7, 11) is 1.44. The number of nitrogens with zero attached hydrogens (tertiary/aromatic N) is 2. The first kappa shape index (κ1) is 80.6. The molecular formula is C81H80Cl2N10O23. The van der Waals surface area contributed by atoms with E-state index in [0.717, 1.165) is 91.6 Å². The number of aliphatic hydroxyl groups excluding tert-OH is 3. The largest absolute Gasteiger partial charge is 0.507 e. The highest BCUT2D eigenvalue weighted by atomic mass is 35.5. The van der Waals surface area contributed by atoms with Crippen molar-refractivity contribution in [3.05, 3.63) is 199 Å². The van der Waals surface area contributed by atoms with Gasteiger partial charge in [-0.05, 0) is 132 Å². The number of ether oxygens (including phenoxy) is 5. The average molecular weight is 1630 g/mol. The number of aryl methyl sites for hydroxylation is 1. The number of fused-ring (bicyclic) bond motifs is 14. The highest BCUT2D eigenvalue weighted by Gasteiger charge is 2.49. The maximum absolute atomic E-state index is 16.5. The number of carboxylic acids is 2. The van der Waals surface area contributed by atoms with E-state index in [1.807, 2.05) is 4.90 Å². The van der Waals surface area contributed by atoms with Gasteiger partial charge < -0.3 is 118 Å². The number of nitrogens with one attached hydrogen (secondary N) is 7. The summed E-state index contributed by atoms with van der Waals surface area (Å²) in [4.78, 5) is 125. The van der Waals surface area contributed by atoms with Crippen LogP contribution in [0.25, 0.3) is 11.1 Å². The van der Waals surface area contributed by atoms with E-state index in [2.05, 4.69) is 73.3 Å². The molecule has 35 heteroatoms. The lowest BCUT2D eigenvalue weighted by Crippen LogP contribution is -2.64. The molecule has 116 heavy (non-hydrogen) atoms. The Morgan fingerprint density at radius 3 is 1.86 bits per heavy atom. The van der Waals surface area contributed by atoms with Crippen molar-refractivity contribution in [1.29, 1.82) is 0 Å². The number of hydrogen-bond donors (Lipinski definition) is 18. The van der Waals surface area contributed by atoms with Gasteiger partial charge in [0.1, 0.15) is 94.8 Å². The van der Waals surface area contributed by atoms with Gasteiger partial charge in [-0.3, -0.25) is 38.6 Å². The van der Waals surface area contributed by atoms with Crippen molar-refractivity contribution in [2.45, 2.75) is 125 Å². The number of likely N-dealkylation sites (N-methyl/N-ethyl adjacent to an activating group) is 1. The highest BCUT2D eigenvalue weighted by molar-refractivity contribution is 6.33. The number of benzene rings is 8. The molecule has 8 aliphatic heterocycles. The molecule has 17 bridgehead atoms. The number of unbranched alkanes of at least 4 members (excludes halogenated alkanes) is 1. The van der Waals surface area contributed by atoms with Crippen molar-refractivity contribution in [1.82, 2.24) is 47.0 Å². The Bertz CT molecular complexity index is 5230. The third-order valence-corrected chi connectivity index (χ3v) is 21.9. The minimum atomic E-state index is -2.36. The molecule has 0 radical (unpaired) electrons. The predicted octanol–water partition coefficient (Wildman–Crippen LogP) is 5.44. The standard InChI is InChI=1S/C81H80Cl2N10O23/c1-3-4-5-35-6-8-37(9-7-35)33-92-20-22-93(23-21-92)34-47-52(96)32-45-58(68(47)99)44-25-38(12-17-50(44)94)62-75(104)91-66(78(107)90-65(45)79(108)109)67(98)40-14-19-54(48(82)26-40)114-57-29-41-28-56(71(57)115-81-60(84)69(100)70(101)72(116-81)80(110)111)112-42-15-10-36(11-16-42)24-49-73(102)89-64(77(106)88-63(41)76(105)87-62)46-30-43(31-53(97)59(46)83)113-55-27-39(13-18-51(55)95)61(85-2)74(103)86-49/h6-19,25-32,49,60-67,69-70,72,81,85,94-101H,3-5,20-24,33-34,84H2,1-2H3,(H,86,103)(H,87,105)(H,88,106)(H,89,102)(H,90,107)(H,91,104)(H,108,109)(H,110,111)/t49-,60-,61+,62-,63-,64+,65+,66+,67-,69-,70+,72+,81-/m1/s1. The van der Waals surface area contributed by atoms with E-state index in [-0.39, 0.29) is 58.2 Å². The normalized spacial score (nSPS) is 24.4. The number of carbonyl (C=O) groups is 8. The number of amides is 6. The monoisotopic (exact) mass is 1630 g/mol. The Labute approximate surface area is 670 Å². The molecule has 19 N–H and O–H groups in total. The summed E-state index contributed by atoms with van der Waals surface area (Å²) in [5.74, 6) is -17.4. The summed E-state index contributed by atoms with van der Waals surface area (Å²) < 4.78 is 31.5. The Morgan fingerprint density at radius 1 is 0.560 bits per heavy atom. The molecule has 6 amide bonds. The van der Waals surface area contributed by atoms with E-state index in [1.165, 1.54) is 55.1 Å². The number of nitrogens with two attached hydrogens (primary N) is 1. The molecule has 2 saturated heterocycles. The third kappa shape index (κ3) is 16.5. The molecule has 8 aromatic rings. The molecule has 0 spiro atoms. The number of rotatable bonds is 12. The predicted molar refractivity (Wildman–Crippen MR) is 411 cm³/mol. The number of aromatic hydroxyl groups is 5. The quantitative estimate of drug-likeness (QED) is 0.0724. The van der Waals surface area contributed by atoms with Crippen LogP contribution in [0.5, 0.6) is 69.0 Å². The van der Waals surface area contributed by atoms with Gasteiger partial charge in [0.25, 0.3) is 0 Å². The van der Waals surface area contributed by atoms with Gasteiger partial charge in [0.15, 0.2) is 35.1 Å². The molecule has 2 fully saturated rings. The number of aliphatic carboxylic acids is 2. The zero-order valence-corrected chi connectivity index (χ0v) is 63.3. The summed E-state index contributed by atoms with van der Waals surface area (Å²) in [5.41, 5.74) is 6.16. The lowest BCUT2D eigenvalue weighted by atomic mass is 9.88. The van der Waals surface area contributed by atoms with Gasteiger partial charge in [0.2, 0.25) is 47.5 Å². The molecule has 33 nitrogen and oxygen atoms in total. The van der Waals surface area contributed by atoms with E-state index in [4.69, 9.17) is 52.6 Å². The number of phenolic OH excluding ortho intramolecular Hbond substituents is 5. The number of hydrogen-bond acceptors (Lipinski definition) is 25. The molecule has 0 aliphatic carbocycles. The van der Waals surface area contributed by atoms with E-state index in [9.17, 15) is 65.4 Å². The third-order valence-electron chi connectivity index (χ3n) is 21.2. The van der Waals surface area contributed by atoms with Crippen molar-refractivity contribution in [3.8, 4) is 80.1 Å². The van der Waals surface area contributed by atoms with Crippen molar-refractivity contribution in [2.24, 2.45) is 5.73 Å². The maximum Gasteiger partial charge on any atom is 0.335 e. The minimum Gasteiger partial charge on any atom is -0.507 e. The van der Waals surface area contributed by atoms with E-state index in [1.54, 1.807) is 0 Å². The van der Waals surface area contributed by atoms with E-state index in [0.29, 0.717) is 38.3 Å². The first-order valence-electron chi connectivity index (χ1n) is 37.0. The molecule has 0 saturated carbocycles. The van der Waals surface area contributed by atoms with Crippen molar-refractivity contribution >= 4 is 70.6 Å². The topological polar surface area (TPSA) is 502 Å². The molecule has 0 aromatic heterocycles.